The molecule has 7 nitrogen and oxygen atoms in total. The minimum absolute atomic E-state index is 0.0556. The summed E-state index contributed by atoms with van der Waals surface area (Å²) in [5.74, 6) is -1.88. The van der Waals surface area contributed by atoms with Crippen molar-refractivity contribution in [1.82, 2.24) is 4.90 Å². The van der Waals surface area contributed by atoms with Crippen molar-refractivity contribution in [3.05, 3.63) is 76.2 Å². The molecule has 0 bridgehead atoms. The number of fused-ring (bicyclic) bond motifs is 1. The molecular formula is C23H19N3O4S. The molecule has 0 saturated carbocycles. The van der Waals surface area contributed by atoms with Crippen LogP contribution in [0.25, 0.3) is 11.1 Å². The van der Waals surface area contributed by atoms with Gasteiger partial charge in [-0.1, -0.05) is 42.5 Å². The molecule has 3 N–H and O–H groups in total. The summed E-state index contributed by atoms with van der Waals surface area (Å²) in [6.07, 6.45) is -0.0959. The van der Waals surface area contributed by atoms with Gasteiger partial charge in [0, 0.05) is 23.4 Å². The van der Waals surface area contributed by atoms with E-state index in [1.807, 2.05) is 37.3 Å². The van der Waals surface area contributed by atoms with Gasteiger partial charge in [0.25, 0.3) is 17.7 Å². The van der Waals surface area contributed by atoms with Crippen molar-refractivity contribution in [1.29, 1.82) is 0 Å². The molecule has 156 valence electrons. The summed E-state index contributed by atoms with van der Waals surface area (Å²) in [4.78, 5) is 51.5. The van der Waals surface area contributed by atoms with Crippen LogP contribution in [0.2, 0.25) is 0 Å². The number of anilines is 1. The minimum Gasteiger partial charge on any atom is -0.365 e. The number of amides is 4. The number of hydrogen-bond donors (Lipinski definition) is 2. The summed E-state index contributed by atoms with van der Waals surface area (Å²) in [5, 5.41) is 3.08. The molecule has 0 unspecified atom stereocenters. The zero-order chi connectivity index (χ0) is 22.1. The van der Waals surface area contributed by atoms with E-state index in [2.05, 4.69) is 5.32 Å². The Balaban J connectivity index is 1.51. The molecule has 0 saturated heterocycles. The smallest absolute Gasteiger partial charge is 0.261 e. The summed E-state index contributed by atoms with van der Waals surface area (Å²) in [5.41, 5.74) is 8.07. The fourth-order valence-corrected chi connectivity index (χ4v) is 4.76. The van der Waals surface area contributed by atoms with Crippen molar-refractivity contribution in [2.24, 2.45) is 5.73 Å². The lowest BCUT2D eigenvalue weighted by Gasteiger charge is -2.13. The Morgan fingerprint density at radius 2 is 1.55 bits per heavy atom. The third-order valence-electron chi connectivity index (χ3n) is 5.09. The van der Waals surface area contributed by atoms with Crippen LogP contribution in [0, 0.1) is 6.92 Å². The molecule has 2 heterocycles. The van der Waals surface area contributed by atoms with Crippen LogP contribution >= 0.6 is 11.3 Å². The predicted molar refractivity (Wildman–Crippen MR) is 118 cm³/mol. The molecule has 2 aromatic carbocycles. The lowest BCUT2D eigenvalue weighted by Crippen LogP contribution is -2.33. The number of carbonyl (C=O) groups is 4. The molecule has 1 aromatic heterocycles. The monoisotopic (exact) mass is 433 g/mol. The molecule has 0 radical (unpaired) electrons. The van der Waals surface area contributed by atoms with E-state index in [0.29, 0.717) is 21.7 Å². The molecule has 4 amide bonds. The number of benzene rings is 2. The third kappa shape index (κ3) is 3.73. The molecule has 8 heteroatoms. The number of nitrogens with one attached hydrogen (secondary N) is 1. The van der Waals surface area contributed by atoms with Crippen LogP contribution in [0.3, 0.4) is 0 Å². The highest BCUT2D eigenvalue weighted by molar-refractivity contribution is 7.17. The molecule has 1 aliphatic heterocycles. The van der Waals surface area contributed by atoms with Gasteiger partial charge in [0.2, 0.25) is 5.91 Å². The third-order valence-corrected chi connectivity index (χ3v) is 6.11. The first kappa shape index (κ1) is 20.5. The summed E-state index contributed by atoms with van der Waals surface area (Å²) < 4.78 is 0. The molecule has 0 aliphatic carbocycles. The first-order valence-electron chi connectivity index (χ1n) is 9.62. The van der Waals surface area contributed by atoms with Crippen molar-refractivity contribution < 1.29 is 19.2 Å². The Labute approximate surface area is 182 Å². The van der Waals surface area contributed by atoms with Crippen molar-refractivity contribution >= 4 is 40.0 Å². The van der Waals surface area contributed by atoms with Crippen molar-refractivity contribution in [2.45, 2.75) is 13.3 Å². The Bertz CT molecular complexity index is 1180. The highest BCUT2D eigenvalue weighted by Gasteiger charge is 2.35. The number of nitrogens with zero attached hydrogens (tertiary/aromatic N) is 1. The van der Waals surface area contributed by atoms with Crippen LogP contribution in [-0.4, -0.2) is 35.1 Å². The van der Waals surface area contributed by atoms with E-state index in [0.717, 1.165) is 15.3 Å². The van der Waals surface area contributed by atoms with E-state index in [1.165, 1.54) is 11.3 Å². The molecule has 3 aromatic rings. The lowest BCUT2D eigenvalue weighted by atomic mass is 10.0. The number of thiophene rings is 1. The molecule has 0 fully saturated rings. The van der Waals surface area contributed by atoms with E-state index in [9.17, 15) is 19.2 Å². The van der Waals surface area contributed by atoms with Gasteiger partial charge >= 0.3 is 0 Å². The number of carbonyl (C=O) groups excluding carboxylic acids is 4. The maximum Gasteiger partial charge on any atom is 0.261 e. The van der Waals surface area contributed by atoms with Gasteiger partial charge in [-0.25, -0.2) is 0 Å². The summed E-state index contributed by atoms with van der Waals surface area (Å²) in [7, 11) is 0. The average Bonchev–Trinajstić information content (AvgIpc) is 3.21. The molecule has 1 aliphatic rings. The Morgan fingerprint density at radius 3 is 2.13 bits per heavy atom. The van der Waals surface area contributed by atoms with E-state index in [4.69, 9.17) is 5.73 Å². The highest BCUT2D eigenvalue weighted by atomic mass is 32.1. The quantitative estimate of drug-likeness (QED) is 0.580. The van der Waals surface area contributed by atoms with Crippen LogP contribution in [0.15, 0.2) is 54.6 Å². The van der Waals surface area contributed by atoms with Gasteiger partial charge in [-0.3, -0.25) is 24.1 Å². The van der Waals surface area contributed by atoms with Gasteiger partial charge in [-0.2, -0.15) is 0 Å². The maximum atomic E-state index is 12.6. The fourth-order valence-electron chi connectivity index (χ4n) is 3.66. The molecule has 0 atom stereocenters. The molecule has 0 spiro atoms. The Hall–Kier alpha value is -3.78. The number of nitrogens with two attached hydrogens (primary N) is 1. The van der Waals surface area contributed by atoms with Crippen LogP contribution in [0.1, 0.15) is 42.4 Å². The fraction of sp³-hybridized carbons (Fsp3) is 0.130. The zero-order valence-electron chi connectivity index (χ0n) is 16.7. The van der Waals surface area contributed by atoms with Crippen molar-refractivity contribution in [2.75, 3.05) is 11.9 Å². The standard InChI is InChI=1S/C23H19N3O4S/c1-13-18(14-7-3-2-4-8-14)19(20(24)28)21(31-13)25-17(27)11-12-26-22(29)15-9-5-6-10-16(15)23(26)30/h2-10H,11-12H2,1H3,(H2,24,28)(H,25,27). The van der Waals surface area contributed by atoms with Crippen LogP contribution in [0.4, 0.5) is 5.00 Å². The number of primary amides is 1. The lowest BCUT2D eigenvalue weighted by molar-refractivity contribution is -0.116. The van der Waals surface area contributed by atoms with E-state index < -0.39 is 23.6 Å². The SMILES string of the molecule is Cc1sc(NC(=O)CCN2C(=O)c3ccccc3C2=O)c(C(N)=O)c1-c1ccccc1. The number of hydrogen-bond acceptors (Lipinski definition) is 5. The van der Waals surface area contributed by atoms with Crippen LogP contribution in [-0.2, 0) is 4.79 Å². The van der Waals surface area contributed by atoms with Gasteiger partial charge < -0.3 is 11.1 Å². The van der Waals surface area contributed by atoms with E-state index in [1.54, 1.807) is 24.3 Å². The summed E-state index contributed by atoms with van der Waals surface area (Å²) in [6, 6.07) is 15.9. The zero-order valence-corrected chi connectivity index (χ0v) is 17.5. The van der Waals surface area contributed by atoms with E-state index >= 15 is 0 Å². The molecule has 31 heavy (non-hydrogen) atoms. The van der Waals surface area contributed by atoms with Gasteiger partial charge in [-0.05, 0) is 24.6 Å². The maximum absolute atomic E-state index is 12.6. The second-order valence-electron chi connectivity index (χ2n) is 7.07. The number of aryl methyl sites for hydroxylation is 1. The van der Waals surface area contributed by atoms with E-state index in [-0.39, 0.29) is 18.5 Å². The summed E-state index contributed by atoms with van der Waals surface area (Å²) in [6.45, 7) is 1.80. The Kier molecular flexibility index (Phi) is 5.39. The largest absolute Gasteiger partial charge is 0.365 e. The van der Waals surface area contributed by atoms with Crippen molar-refractivity contribution in [3.8, 4) is 11.1 Å². The second-order valence-corrected chi connectivity index (χ2v) is 8.30. The first-order valence-corrected chi connectivity index (χ1v) is 10.4. The number of rotatable bonds is 6. The molecular weight excluding hydrogens is 414 g/mol. The molecule has 4 rings (SSSR count). The topological polar surface area (TPSA) is 110 Å². The van der Waals surface area contributed by atoms with Crippen LogP contribution < -0.4 is 11.1 Å². The van der Waals surface area contributed by atoms with Gasteiger partial charge in [0.15, 0.2) is 0 Å². The summed E-state index contributed by atoms with van der Waals surface area (Å²) >= 11 is 1.26. The van der Waals surface area contributed by atoms with Crippen molar-refractivity contribution in [3.63, 3.8) is 0 Å². The van der Waals surface area contributed by atoms with Crippen LogP contribution in [0.5, 0.6) is 0 Å². The second kappa shape index (κ2) is 8.16. The predicted octanol–water partition coefficient (Wildman–Crippen LogP) is 3.45. The van der Waals surface area contributed by atoms with Gasteiger partial charge in [0.1, 0.15) is 5.00 Å². The Morgan fingerprint density at radius 1 is 0.968 bits per heavy atom. The number of imide groups is 1. The van der Waals surface area contributed by atoms with Gasteiger partial charge in [0.05, 0.1) is 16.7 Å². The highest BCUT2D eigenvalue weighted by Crippen LogP contribution is 2.39. The normalized spacial score (nSPS) is 12.7. The minimum atomic E-state index is -0.640. The van der Waals surface area contributed by atoms with Gasteiger partial charge in [-0.15, -0.1) is 11.3 Å². The average molecular weight is 433 g/mol. The first-order chi connectivity index (χ1) is 14.9.